The Hall–Kier alpha value is -1.16. The molecule has 1 aliphatic rings. The first kappa shape index (κ1) is 13.8. The third-order valence-electron chi connectivity index (χ3n) is 4.18. The van der Waals surface area contributed by atoms with Crippen LogP contribution in [-0.2, 0) is 6.54 Å². The maximum Gasteiger partial charge on any atom is 0.134 e. The monoisotopic (exact) mass is 289 g/mol. The van der Waals surface area contributed by atoms with Crippen molar-refractivity contribution in [2.45, 2.75) is 38.4 Å². The Bertz CT molecular complexity index is 614. The molecule has 4 heteroatoms. The maximum absolute atomic E-state index is 6.34. The molecule has 1 aromatic heterocycles. The average Bonchev–Trinajstić information content (AvgIpc) is 2.42. The number of fused-ring (bicyclic) bond motifs is 1. The zero-order valence-electron chi connectivity index (χ0n) is 11.7. The first-order valence-corrected chi connectivity index (χ1v) is 7.55. The van der Waals surface area contributed by atoms with Crippen molar-refractivity contribution in [3.8, 4) is 0 Å². The van der Waals surface area contributed by atoms with E-state index in [2.05, 4.69) is 28.9 Å². The van der Waals surface area contributed by atoms with Crippen molar-refractivity contribution < 1.29 is 0 Å². The molecule has 0 amide bonds. The van der Waals surface area contributed by atoms with Gasteiger partial charge in [0.15, 0.2) is 0 Å². The van der Waals surface area contributed by atoms with E-state index in [1.165, 1.54) is 0 Å². The van der Waals surface area contributed by atoms with Gasteiger partial charge in [0.1, 0.15) is 5.15 Å². The summed E-state index contributed by atoms with van der Waals surface area (Å²) in [4.78, 5) is 6.94. The van der Waals surface area contributed by atoms with Crippen molar-refractivity contribution >= 4 is 22.5 Å². The van der Waals surface area contributed by atoms with E-state index in [1.807, 2.05) is 18.2 Å². The molecule has 1 saturated heterocycles. The molecule has 0 radical (unpaired) electrons. The molecule has 2 unspecified atom stereocenters. The summed E-state index contributed by atoms with van der Waals surface area (Å²) in [5.41, 5.74) is 8.08. The van der Waals surface area contributed by atoms with E-state index in [-0.39, 0.29) is 0 Å². The van der Waals surface area contributed by atoms with E-state index in [0.717, 1.165) is 42.4 Å². The number of aromatic nitrogens is 1. The summed E-state index contributed by atoms with van der Waals surface area (Å²) in [6.07, 6.45) is 2.11. The number of hydrogen-bond acceptors (Lipinski definition) is 3. The SMILES string of the molecule is CC1CC(N)CCN1Cc1cc2ccccc2nc1Cl. The molecule has 2 atom stereocenters. The molecule has 2 heterocycles. The van der Waals surface area contributed by atoms with Crippen molar-refractivity contribution in [3.63, 3.8) is 0 Å². The van der Waals surface area contributed by atoms with Gasteiger partial charge >= 0.3 is 0 Å². The van der Waals surface area contributed by atoms with E-state index >= 15 is 0 Å². The predicted molar refractivity (Wildman–Crippen MR) is 83.8 cm³/mol. The minimum atomic E-state index is 0.339. The second-order valence-electron chi connectivity index (χ2n) is 5.73. The Kier molecular flexibility index (Phi) is 3.92. The second-order valence-corrected chi connectivity index (χ2v) is 6.09. The van der Waals surface area contributed by atoms with Crippen LogP contribution in [0, 0.1) is 0 Å². The minimum Gasteiger partial charge on any atom is -0.328 e. The van der Waals surface area contributed by atoms with E-state index < -0.39 is 0 Å². The lowest BCUT2D eigenvalue weighted by Crippen LogP contribution is -2.45. The quantitative estimate of drug-likeness (QED) is 0.863. The minimum absolute atomic E-state index is 0.339. The summed E-state index contributed by atoms with van der Waals surface area (Å²) >= 11 is 6.34. The summed E-state index contributed by atoms with van der Waals surface area (Å²) in [6.45, 7) is 4.12. The van der Waals surface area contributed by atoms with Crippen LogP contribution < -0.4 is 5.73 Å². The highest BCUT2D eigenvalue weighted by Gasteiger charge is 2.23. The molecule has 0 aliphatic carbocycles. The van der Waals surface area contributed by atoms with Gasteiger partial charge in [-0.15, -0.1) is 0 Å². The van der Waals surface area contributed by atoms with Crippen molar-refractivity contribution in [2.75, 3.05) is 6.54 Å². The van der Waals surface area contributed by atoms with Gasteiger partial charge in [-0.25, -0.2) is 4.98 Å². The summed E-state index contributed by atoms with van der Waals surface area (Å²) in [5, 5.41) is 1.76. The van der Waals surface area contributed by atoms with Crippen LogP contribution in [0.3, 0.4) is 0 Å². The molecule has 0 bridgehead atoms. The predicted octanol–water partition coefficient (Wildman–Crippen LogP) is 3.20. The van der Waals surface area contributed by atoms with Gasteiger partial charge in [-0.3, -0.25) is 4.90 Å². The van der Waals surface area contributed by atoms with Crippen LogP contribution in [0.4, 0.5) is 0 Å². The van der Waals surface area contributed by atoms with Crippen LogP contribution in [0.25, 0.3) is 10.9 Å². The molecule has 1 aliphatic heterocycles. The number of pyridine rings is 1. The van der Waals surface area contributed by atoms with Gasteiger partial charge in [-0.1, -0.05) is 29.8 Å². The van der Waals surface area contributed by atoms with E-state index in [0.29, 0.717) is 17.2 Å². The third kappa shape index (κ3) is 2.80. The Balaban J connectivity index is 1.85. The smallest absolute Gasteiger partial charge is 0.134 e. The molecular weight excluding hydrogens is 270 g/mol. The number of para-hydroxylation sites is 1. The molecule has 1 fully saturated rings. The van der Waals surface area contributed by atoms with Crippen molar-refractivity contribution in [3.05, 3.63) is 41.0 Å². The summed E-state index contributed by atoms with van der Waals surface area (Å²) in [6, 6.07) is 11.1. The standard InChI is InChI=1S/C16H20ClN3/c1-11-8-14(18)6-7-20(11)10-13-9-12-4-2-3-5-15(12)19-16(13)17/h2-5,9,11,14H,6-8,10,18H2,1H3. The number of piperidine rings is 1. The Morgan fingerprint density at radius 1 is 1.40 bits per heavy atom. The lowest BCUT2D eigenvalue weighted by atomic mass is 9.98. The van der Waals surface area contributed by atoms with Crippen LogP contribution in [0.1, 0.15) is 25.3 Å². The maximum atomic E-state index is 6.34. The van der Waals surface area contributed by atoms with Crippen LogP contribution in [0.5, 0.6) is 0 Å². The summed E-state index contributed by atoms with van der Waals surface area (Å²) in [5.74, 6) is 0. The lowest BCUT2D eigenvalue weighted by Gasteiger charge is -2.36. The van der Waals surface area contributed by atoms with E-state index in [4.69, 9.17) is 17.3 Å². The number of likely N-dealkylation sites (tertiary alicyclic amines) is 1. The van der Waals surface area contributed by atoms with E-state index in [1.54, 1.807) is 0 Å². The number of rotatable bonds is 2. The van der Waals surface area contributed by atoms with Crippen LogP contribution in [0.15, 0.2) is 30.3 Å². The van der Waals surface area contributed by atoms with Gasteiger partial charge in [0, 0.05) is 36.1 Å². The molecular formula is C16H20ClN3. The fourth-order valence-corrected chi connectivity index (χ4v) is 3.16. The summed E-state index contributed by atoms with van der Waals surface area (Å²) in [7, 11) is 0. The largest absolute Gasteiger partial charge is 0.328 e. The van der Waals surface area contributed by atoms with Gasteiger partial charge in [-0.2, -0.15) is 0 Å². The van der Waals surface area contributed by atoms with Gasteiger partial charge < -0.3 is 5.73 Å². The van der Waals surface area contributed by atoms with Crippen molar-refractivity contribution in [1.29, 1.82) is 0 Å². The topological polar surface area (TPSA) is 42.1 Å². The lowest BCUT2D eigenvalue weighted by molar-refractivity contribution is 0.140. The molecule has 0 saturated carbocycles. The molecule has 0 spiro atoms. The average molecular weight is 290 g/mol. The first-order chi connectivity index (χ1) is 9.63. The zero-order valence-corrected chi connectivity index (χ0v) is 12.5. The second kappa shape index (κ2) is 5.68. The van der Waals surface area contributed by atoms with Crippen LogP contribution in [-0.4, -0.2) is 28.5 Å². The van der Waals surface area contributed by atoms with Gasteiger partial charge in [0.2, 0.25) is 0 Å². The van der Waals surface area contributed by atoms with Crippen LogP contribution in [0.2, 0.25) is 5.15 Å². The molecule has 1 aromatic carbocycles. The molecule has 3 nitrogen and oxygen atoms in total. The van der Waals surface area contributed by atoms with Crippen molar-refractivity contribution in [1.82, 2.24) is 9.88 Å². The first-order valence-electron chi connectivity index (χ1n) is 7.17. The van der Waals surface area contributed by atoms with Gasteiger partial charge in [0.25, 0.3) is 0 Å². The molecule has 2 N–H and O–H groups in total. The fourth-order valence-electron chi connectivity index (χ4n) is 2.96. The van der Waals surface area contributed by atoms with Gasteiger partial charge in [-0.05, 0) is 31.9 Å². The highest BCUT2D eigenvalue weighted by molar-refractivity contribution is 6.30. The normalized spacial score (nSPS) is 24.1. The Morgan fingerprint density at radius 2 is 2.20 bits per heavy atom. The van der Waals surface area contributed by atoms with Crippen molar-refractivity contribution in [2.24, 2.45) is 5.73 Å². The number of hydrogen-bond donors (Lipinski definition) is 1. The highest BCUT2D eigenvalue weighted by Crippen LogP contribution is 2.24. The van der Waals surface area contributed by atoms with Gasteiger partial charge in [0.05, 0.1) is 5.52 Å². The third-order valence-corrected chi connectivity index (χ3v) is 4.51. The number of nitrogens with two attached hydrogens (primary N) is 1. The highest BCUT2D eigenvalue weighted by atomic mass is 35.5. The summed E-state index contributed by atoms with van der Waals surface area (Å²) < 4.78 is 0. The van der Waals surface area contributed by atoms with Crippen LogP contribution >= 0.6 is 11.6 Å². The fraction of sp³-hybridized carbons (Fsp3) is 0.438. The number of halogens is 1. The molecule has 106 valence electrons. The Morgan fingerprint density at radius 3 is 3.00 bits per heavy atom. The molecule has 3 rings (SSSR count). The zero-order chi connectivity index (χ0) is 14.1. The number of nitrogens with zero attached hydrogens (tertiary/aromatic N) is 2. The number of benzene rings is 1. The van der Waals surface area contributed by atoms with E-state index in [9.17, 15) is 0 Å². The molecule has 2 aromatic rings. The Labute approximate surface area is 124 Å². The molecule has 20 heavy (non-hydrogen) atoms.